The number of hydrogen-bond acceptors (Lipinski definition) is 8. The number of rotatable bonds is 10. The summed E-state index contributed by atoms with van der Waals surface area (Å²) in [6.45, 7) is 7.74. The Balaban J connectivity index is 1.41. The highest BCUT2D eigenvalue weighted by Crippen LogP contribution is 2.35. The number of carbonyl (C=O) groups is 3. The lowest BCUT2D eigenvalue weighted by Crippen LogP contribution is -2.32. The van der Waals surface area contributed by atoms with Crippen LogP contribution in [0.4, 0.5) is 10.5 Å². The minimum atomic E-state index is -4.16. The Hall–Kier alpha value is -3.61. The molecule has 0 spiro atoms. The predicted molar refractivity (Wildman–Crippen MR) is 166 cm³/mol. The Morgan fingerprint density at radius 2 is 1.76 bits per heavy atom. The van der Waals surface area contributed by atoms with Gasteiger partial charge in [0.25, 0.3) is 11.1 Å². The van der Waals surface area contributed by atoms with Crippen LogP contribution >= 0.6 is 27.7 Å². The first kappa shape index (κ1) is 31.3. The zero-order valence-electron chi connectivity index (χ0n) is 23.3. The molecule has 3 amide bonds. The minimum Gasteiger partial charge on any atom is -0.491 e. The second-order valence-electron chi connectivity index (χ2n) is 9.81. The molecule has 0 radical (unpaired) electrons. The molecule has 1 aliphatic heterocycles. The Labute approximate surface area is 257 Å². The van der Waals surface area contributed by atoms with Crippen molar-refractivity contribution in [1.82, 2.24) is 4.90 Å². The quantitative estimate of drug-likeness (QED) is 0.186. The highest BCUT2D eigenvalue weighted by Gasteiger charge is 2.35. The van der Waals surface area contributed by atoms with E-state index in [4.69, 9.17) is 8.92 Å². The van der Waals surface area contributed by atoms with E-state index in [1.54, 1.807) is 18.2 Å². The molecule has 0 aromatic heterocycles. The highest BCUT2D eigenvalue weighted by molar-refractivity contribution is 9.10. The van der Waals surface area contributed by atoms with Crippen LogP contribution in [0.2, 0.25) is 0 Å². The number of hydrogen-bond donors (Lipinski definition) is 1. The first-order valence-corrected chi connectivity index (χ1v) is 16.0. The number of carbonyl (C=O) groups excluding carboxylic acids is 3. The number of imide groups is 1. The second kappa shape index (κ2) is 13.1. The lowest BCUT2D eigenvalue weighted by atomic mass is 10.0. The first-order chi connectivity index (χ1) is 19.8. The molecular formula is C30H29BrN2O7S2. The fourth-order valence-corrected chi connectivity index (χ4v) is 6.48. The van der Waals surface area contributed by atoms with E-state index >= 15 is 0 Å². The Kier molecular flexibility index (Phi) is 9.80. The van der Waals surface area contributed by atoms with Gasteiger partial charge >= 0.3 is 10.1 Å². The van der Waals surface area contributed by atoms with Crippen LogP contribution in [-0.4, -0.2) is 43.5 Å². The summed E-state index contributed by atoms with van der Waals surface area (Å²) in [5, 5.41) is 2.18. The Morgan fingerprint density at radius 1 is 1.05 bits per heavy atom. The monoisotopic (exact) mass is 672 g/mol. The van der Waals surface area contributed by atoms with E-state index < -0.39 is 21.3 Å². The fraction of sp³-hybridized carbons (Fsp3) is 0.233. The van der Waals surface area contributed by atoms with Gasteiger partial charge in [-0.3, -0.25) is 19.3 Å². The molecule has 3 aromatic rings. The standard InChI is InChI=1S/C30H29BrN2O7S2/c1-18(2)24-11-5-19(3)15-27(24)39-14-13-33-29(35)28(41-30(33)36)17-21-6-12-26(25(31)16-21)40-42(37,38)23-9-7-22(8-10-23)32-20(4)34/h5-12,15-18H,13-14H2,1-4H3,(H,32,34)/b28-17-. The predicted octanol–water partition coefficient (Wildman–Crippen LogP) is 6.72. The van der Waals surface area contributed by atoms with Crippen LogP contribution in [0.3, 0.4) is 0 Å². The van der Waals surface area contributed by atoms with E-state index in [1.807, 2.05) is 25.1 Å². The molecule has 4 rings (SSSR count). The maximum Gasteiger partial charge on any atom is 0.339 e. The number of nitrogens with zero attached hydrogens (tertiary/aromatic N) is 1. The first-order valence-electron chi connectivity index (χ1n) is 12.9. The van der Waals surface area contributed by atoms with Crippen molar-refractivity contribution in [3.05, 3.63) is 86.7 Å². The topological polar surface area (TPSA) is 119 Å². The number of benzene rings is 3. The van der Waals surface area contributed by atoms with Gasteiger partial charge in [0.2, 0.25) is 5.91 Å². The summed E-state index contributed by atoms with van der Waals surface area (Å²) >= 11 is 4.15. The normalized spacial score (nSPS) is 14.5. The van der Waals surface area contributed by atoms with E-state index in [0.717, 1.165) is 33.5 Å². The second-order valence-corrected chi connectivity index (χ2v) is 13.2. The summed E-state index contributed by atoms with van der Waals surface area (Å²) in [5.41, 5.74) is 3.13. The zero-order chi connectivity index (χ0) is 30.6. The van der Waals surface area contributed by atoms with Gasteiger partial charge in [-0.25, -0.2) is 0 Å². The molecule has 1 saturated heterocycles. The van der Waals surface area contributed by atoms with Crippen molar-refractivity contribution in [3.63, 3.8) is 0 Å². The summed E-state index contributed by atoms with van der Waals surface area (Å²) in [7, 11) is -4.16. The number of anilines is 1. The van der Waals surface area contributed by atoms with Gasteiger partial charge in [-0.2, -0.15) is 8.42 Å². The van der Waals surface area contributed by atoms with Gasteiger partial charge < -0.3 is 14.2 Å². The minimum absolute atomic E-state index is 0.0419. The lowest BCUT2D eigenvalue weighted by molar-refractivity contribution is -0.123. The van der Waals surface area contributed by atoms with E-state index in [0.29, 0.717) is 15.7 Å². The van der Waals surface area contributed by atoms with Crippen molar-refractivity contribution in [2.24, 2.45) is 0 Å². The van der Waals surface area contributed by atoms with Crippen molar-refractivity contribution in [2.75, 3.05) is 18.5 Å². The molecule has 42 heavy (non-hydrogen) atoms. The van der Waals surface area contributed by atoms with Crippen molar-refractivity contribution >= 4 is 66.6 Å². The molecule has 0 aliphatic carbocycles. The molecule has 1 fully saturated rings. The summed E-state index contributed by atoms with van der Waals surface area (Å²) < 4.78 is 37.1. The van der Waals surface area contributed by atoms with Gasteiger partial charge in [-0.05, 0) is 106 Å². The number of aryl methyl sites for hydroxylation is 1. The zero-order valence-corrected chi connectivity index (χ0v) is 26.6. The number of halogens is 1. The molecule has 220 valence electrons. The van der Waals surface area contributed by atoms with Crippen molar-refractivity contribution in [1.29, 1.82) is 0 Å². The van der Waals surface area contributed by atoms with Gasteiger partial charge in [0.15, 0.2) is 5.75 Å². The Morgan fingerprint density at radius 3 is 2.40 bits per heavy atom. The molecule has 12 heteroatoms. The third kappa shape index (κ3) is 7.61. The van der Waals surface area contributed by atoms with Gasteiger partial charge in [0.05, 0.1) is 15.9 Å². The molecule has 1 heterocycles. The van der Waals surface area contributed by atoms with Crippen LogP contribution < -0.4 is 14.2 Å². The van der Waals surface area contributed by atoms with E-state index in [9.17, 15) is 22.8 Å². The molecule has 9 nitrogen and oxygen atoms in total. The largest absolute Gasteiger partial charge is 0.491 e. The van der Waals surface area contributed by atoms with Crippen LogP contribution in [0.5, 0.6) is 11.5 Å². The average Bonchev–Trinajstić information content (AvgIpc) is 3.17. The molecule has 0 bridgehead atoms. The highest BCUT2D eigenvalue weighted by atomic mass is 79.9. The van der Waals surface area contributed by atoms with Crippen molar-refractivity contribution in [2.45, 2.75) is 38.5 Å². The van der Waals surface area contributed by atoms with E-state index in [2.05, 4.69) is 35.1 Å². The molecule has 0 atom stereocenters. The summed E-state index contributed by atoms with van der Waals surface area (Å²) in [5.74, 6) is 0.343. The van der Waals surface area contributed by atoms with Crippen molar-refractivity contribution in [3.8, 4) is 11.5 Å². The maximum atomic E-state index is 13.0. The third-order valence-electron chi connectivity index (χ3n) is 6.15. The van der Waals surface area contributed by atoms with Gasteiger partial charge in [-0.1, -0.05) is 32.0 Å². The average molecular weight is 674 g/mol. The van der Waals surface area contributed by atoms with Crippen LogP contribution in [0.15, 0.2) is 74.9 Å². The van der Waals surface area contributed by atoms with Crippen LogP contribution in [0, 0.1) is 6.92 Å². The van der Waals surface area contributed by atoms with Gasteiger partial charge in [0, 0.05) is 12.6 Å². The molecule has 0 unspecified atom stereocenters. The molecule has 1 aliphatic rings. The molecule has 3 aromatic carbocycles. The SMILES string of the molecule is CC(=O)Nc1ccc(S(=O)(=O)Oc2ccc(/C=C3\SC(=O)N(CCOc4cc(C)ccc4C(C)C)C3=O)cc2Br)cc1. The van der Waals surface area contributed by atoms with Crippen molar-refractivity contribution < 1.29 is 31.7 Å². The summed E-state index contributed by atoms with van der Waals surface area (Å²) in [6, 6.07) is 16.2. The van der Waals surface area contributed by atoms with Gasteiger partial charge in [0.1, 0.15) is 17.3 Å². The lowest BCUT2D eigenvalue weighted by Gasteiger charge is -2.17. The number of ether oxygens (including phenoxy) is 1. The van der Waals surface area contributed by atoms with Crippen LogP contribution in [-0.2, 0) is 19.7 Å². The van der Waals surface area contributed by atoms with Crippen LogP contribution in [0.25, 0.3) is 6.08 Å². The van der Waals surface area contributed by atoms with E-state index in [-0.39, 0.29) is 40.5 Å². The smallest absolute Gasteiger partial charge is 0.339 e. The number of nitrogens with one attached hydrogen (secondary N) is 1. The third-order valence-corrected chi connectivity index (χ3v) is 8.93. The fourth-order valence-electron chi connectivity index (χ4n) is 4.08. The molecular weight excluding hydrogens is 644 g/mol. The molecule has 1 N–H and O–H groups in total. The maximum absolute atomic E-state index is 13.0. The summed E-state index contributed by atoms with van der Waals surface area (Å²) in [6.07, 6.45) is 1.56. The van der Waals surface area contributed by atoms with E-state index in [1.165, 1.54) is 37.3 Å². The number of amides is 3. The molecule has 0 saturated carbocycles. The Bertz CT molecular complexity index is 1670. The van der Waals surface area contributed by atoms with Gasteiger partial charge in [-0.15, -0.1) is 0 Å². The van der Waals surface area contributed by atoms with Crippen LogP contribution in [0.1, 0.15) is 43.4 Å². The number of thioether (sulfide) groups is 1. The summed E-state index contributed by atoms with van der Waals surface area (Å²) in [4.78, 5) is 38.1.